The Kier molecular flexibility index (Phi) is 6.86. The Labute approximate surface area is 259 Å². The number of imidazole rings is 1. The molecular weight excluding hydrogens is 544 g/mol. The first-order chi connectivity index (χ1) is 21.5. The molecule has 8 rings (SSSR count). The summed E-state index contributed by atoms with van der Waals surface area (Å²) in [5.41, 5.74) is 5.31. The van der Waals surface area contributed by atoms with Gasteiger partial charge in [-0.25, -0.2) is 4.98 Å². The molecule has 3 aliphatic heterocycles. The Balaban J connectivity index is 0.990. The number of hydrogen-bond donors (Lipinski definition) is 0. The molecule has 2 aromatic heterocycles. The number of nitrogens with zero attached hydrogens (tertiary/aromatic N) is 4. The molecule has 3 aliphatic rings. The van der Waals surface area contributed by atoms with E-state index in [0.717, 1.165) is 61.4 Å². The predicted molar refractivity (Wildman–Crippen MR) is 175 cm³/mol. The van der Waals surface area contributed by atoms with Crippen LogP contribution < -0.4 is 0 Å². The number of likely N-dealkylation sites (tertiary alicyclic amines) is 1. The molecule has 44 heavy (non-hydrogen) atoms. The average molecular weight is 587 g/mol. The third kappa shape index (κ3) is 4.66. The molecule has 0 spiro atoms. The van der Waals surface area contributed by atoms with Crippen molar-refractivity contribution in [2.24, 2.45) is 0 Å². The van der Waals surface area contributed by atoms with Crippen LogP contribution in [0.2, 0.25) is 0 Å². The fourth-order valence-corrected chi connectivity index (χ4v) is 8.93. The first-order valence-corrected chi connectivity index (χ1v) is 16.5. The minimum absolute atomic E-state index is 0.0821. The molecule has 0 aliphatic carbocycles. The lowest BCUT2D eigenvalue weighted by Gasteiger charge is -2.45. The third-order valence-corrected chi connectivity index (χ3v) is 11.1. The number of para-hydroxylation sites is 3. The number of carbonyl (C=O) groups is 1. The molecule has 5 heterocycles. The second kappa shape index (κ2) is 10.9. The second-order valence-electron chi connectivity index (χ2n) is 13.5. The summed E-state index contributed by atoms with van der Waals surface area (Å²) in [5, 5.41) is 0.999. The van der Waals surface area contributed by atoms with E-state index in [9.17, 15) is 4.79 Å². The van der Waals surface area contributed by atoms with E-state index in [0.29, 0.717) is 29.3 Å². The molecular formula is C38H42N4O2. The van der Waals surface area contributed by atoms with E-state index in [4.69, 9.17) is 9.40 Å². The van der Waals surface area contributed by atoms with Crippen molar-refractivity contribution in [2.45, 2.75) is 82.3 Å². The Hall–Kier alpha value is -3.90. The molecule has 2 atom stereocenters. The van der Waals surface area contributed by atoms with E-state index in [1.807, 2.05) is 31.2 Å². The fourth-order valence-electron chi connectivity index (χ4n) is 8.93. The summed E-state index contributed by atoms with van der Waals surface area (Å²) in [7, 11) is 0. The molecule has 3 fully saturated rings. The van der Waals surface area contributed by atoms with Gasteiger partial charge in [-0.15, -0.1) is 0 Å². The van der Waals surface area contributed by atoms with Crippen molar-refractivity contribution in [2.75, 3.05) is 19.6 Å². The molecule has 1 amide bonds. The van der Waals surface area contributed by atoms with Gasteiger partial charge in [0.05, 0.1) is 16.6 Å². The summed E-state index contributed by atoms with van der Waals surface area (Å²) < 4.78 is 8.48. The predicted octanol–water partition coefficient (Wildman–Crippen LogP) is 7.83. The van der Waals surface area contributed by atoms with Gasteiger partial charge < -0.3 is 13.9 Å². The van der Waals surface area contributed by atoms with Gasteiger partial charge in [-0.3, -0.25) is 9.69 Å². The van der Waals surface area contributed by atoms with E-state index >= 15 is 0 Å². The van der Waals surface area contributed by atoms with Crippen LogP contribution in [-0.2, 0) is 5.41 Å². The van der Waals surface area contributed by atoms with Gasteiger partial charge in [0.25, 0.3) is 5.91 Å². The van der Waals surface area contributed by atoms with E-state index in [2.05, 4.69) is 75.9 Å². The van der Waals surface area contributed by atoms with Gasteiger partial charge in [-0.2, -0.15) is 0 Å². The molecule has 0 saturated carbocycles. The largest absolute Gasteiger partial charge is 0.461 e. The monoisotopic (exact) mass is 586 g/mol. The van der Waals surface area contributed by atoms with Gasteiger partial charge in [0, 0.05) is 36.6 Å². The van der Waals surface area contributed by atoms with Crippen LogP contribution in [0.1, 0.15) is 78.5 Å². The van der Waals surface area contributed by atoms with Gasteiger partial charge in [-0.1, -0.05) is 54.6 Å². The molecule has 0 N–H and O–H groups in total. The van der Waals surface area contributed by atoms with Crippen LogP contribution in [0, 0.1) is 13.8 Å². The molecule has 6 heteroatoms. The van der Waals surface area contributed by atoms with Crippen LogP contribution in [0.4, 0.5) is 0 Å². The topological polar surface area (TPSA) is 54.5 Å². The number of fused-ring (bicyclic) bond motifs is 4. The Bertz CT molecular complexity index is 1800. The Morgan fingerprint density at radius 2 is 1.61 bits per heavy atom. The zero-order valence-electron chi connectivity index (χ0n) is 25.9. The zero-order chi connectivity index (χ0) is 29.8. The number of aryl methyl sites for hydroxylation is 2. The van der Waals surface area contributed by atoms with Crippen molar-refractivity contribution in [3.05, 3.63) is 102 Å². The molecule has 5 aromatic rings. The first kappa shape index (κ1) is 27.6. The highest BCUT2D eigenvalue weighted by Gasteiger charge is 2.44. The SMILES string of the molecule is Cc1cc2cccc(C(=O)N3CCC(CCN4C5CCC4CC(n4c(C)nc6ccccc64)C5)(c4ccccc4)CC3)c2o1. The van der Waals surface area contributed by atoms with Crippen LogP contribution >= 0.6 is 0 Å². The fraction of sp³-hybridized carbons (Fsp3) is 0.421. The van der Waals surface area contributed by atoms with Crippen molar-refractivity contribution in [3.8, 4) is 0 Å². The number of hydrogen-bond acceptors (Lipinski definition) is 4. The number of furan rings is 1. The van der Waals surface area contributed by atoms with Gasteiger partial charge in [0.15, 0.2) is 0 Å². The minimum Gasteiger partial charge on any atom is -0.461 e. The maximum absolute atomic E-state index is 13.8. The van der Waals surface area contributed by atoms with E-state index in [1.165, 1.54) is 36.8 Å². The lowest BCUT2D eigenvalue weighted by molar-refractivity contribution is 0.0607. The van der Waals surface area contributed by atoms with Crippen molar-refractivity contribution in [3.63, 3.8) is 0 Å². The molecule has 6 nitrogen and oxygen atoms in total. The van der Waals surface area contributed by atoms with E-state index < -0.39 is 0 Å². The third-order valence-electron chi connectivity index (χ3n) is 11.1. The lowest BCUT2D eigenvalue weighted by Crippen LogP contribution is -2.49. The molecule has 3 aromatic carbocycles. The highest BCUT2D eigenvalue weighted by molar-refractivity contribution is 6.05. The van der Waals surface area contributed by atoms with Crippen LogP contribution in [0.15, 0.2) is 83.3 Å². The maximum atomic E-state index is 13.8. The van der Waals surface area contributed by atoms with E-state index in [1.54, 1.807) is 0 Å². The van der Waals surface area contributed by atoms with Gasteiger partial charge in [0.2, 0.25) is 0 Å². The summed E-state index contributed by atoms with van der Waals surface area (Å²) in [5.74, 6) is 2.08. The summed E-state index contributed by atoms with van der Waals surface area (Å²) in [4.78, 5) is 23.6. The van der Waals surface area contributed by atoms with Crippen molar-refractivity contribution < 1.29 is 9.21 Å². The summed E-state index contributed by atoms with van der Waals surface area (Å²) in [6.45, 7) is 6.78. The van der Waals surface area contributed by atoms with Crippen LogP contribution in [0.25, 0.3) is 22.0 Å². The smallest absolute Gasteiger partial charge is 0.257 e. The molecule has 2 bridgehead atoms. The number of piperidine rings is 2. The molecule has 226 valence electrons. The van der Waals surface area contributed by atoms with E-state index in [-0.39, 0.29) is 11.3 Å². The van der Waals surface area contributed by atoms with Crippen molar-refractivity contribution >= 4 is 27.9 Å². The van der Waals surface area contributed by atoms with Gasteiger partial charge >= 0.3 is 0 Å². The van der Waals surface area contributed by atoms with Crippen LogP contribution in [-0.4, -0.2) is 57.0 Å². The maximum Gasteiger partial charge on any atom is 0.257 e. The number of amides is 1. The zero-order valence-corrected chi connectivity index (χ0v) is 25.9. The lowest BCUT2D eigenvalue weighted by atomic mass is 9.70. The Morgan fingerprint density at radius 3 is 2.39 bits per heavy atom. The van der Waals surface area contributed by atoms with Crippen LogP contribution in [0.3, 0.4) is 0 Å². The number of rotatable bonds is 6. The second-order valence-corrected chi connectivity index (χ2v) is 13.5. The molecule has 3 saturated heterocycles. The van der Waals surface area contributed by atoms with Crippen LogP contribution in [0.5, 0.6) is 0 Å². The molecule has 0 radical (unpaired) electrons. The van der Waals surface area contributed by atoms with Crippen molar-refractivity contribution in [1.29, 1.82) is 0 Å². The summed E-state index contributed by atoms with van der Waals surface area (Å²) >= 11 is 0. The number of carbonyl (C=O) groups excluding carboxylic acids is 1. The highest BCUT2D eigenvalue weighted by atomic mass is 16.3. The van der Waals surface area contributed by atoms with Crippen molar-refractivity contribution in [1.82, 2.24) is 19.4 Å². The Morgan fingerprint density at radius 1 is 0.886 bits per heavy atom. The summed E-state index contributed by atoms with van der Waals surface area (Å²) in [6.07, 6.45) is 8.11. The quantitative estimate of drug-likeness (QED) is 0.204. The number of benzene rings is 3. The average Bonchev–Trinajstić information content (AvgIpc) is 3.68. The van der Waals surface area contributed by atoms with Gasteiger partial charge in [-0.05, 0) is 101 Å². The molecule has 2 unspecified atom stereocenters. The summed E-state index contributed by atoms with van der Waals surface area (Å²) in [6, 6.07) is 29.4. The highest BCUT2D eigenvalue weighted by Crippen LogP contribution is 2.45. The number of aromatic nitrogens is 2. The minimum atomic E-state index is 0.0821. The van der Waals surface area contributed by atoms with Gasteiger partial charge in [0.1, 0.15) is 17.2 Å². The standard InChI is InChI=1S/C38H42N4O2/c1-26-23-28-9-8-12-33(36(28)44-26)37(43)40-20-17-38(18-21-40,29-10-4-3-5-11-29)19-22-41-30-15-16-31(41)25-32(24-30)42-27(2)39-34-13-6-7-14-35(34)42/h3-14,23,30-32H,15-22,24-25H2,1-2H3. The normalized spacial score (nSPS) is 23.5. The first-order valence-electron chi connectivity index (χ1n) is 16.5.